The third-order valence-electron chi connectivity index (χ3n) is 3.72. The molecule has 1 aromatic carbocycles. The highest BCUT2D eigenvalue weighted by atomic mass is 16.6. The van der Waals surface area contributed by atoms with Crippen LogP contribution in [0, 0.1) is 16.0 Å². The molecule has 2 N–H and O–H groups in total. The molecule has 1 fully saturated rings. The summed E-state index contributed by atoms with van der Waals surface area (Å²) in [5.41, 5.74) is 0.0918. The molecule has 0 aromatic heterocycles. The number of hydrogen-bond acceptors (Lipinski definition) is 5. The summed E-state index contributed by atoms with van der Waals surface area (Å²) in [6, 6.07) is 4.28. The summed E-state index contributed by atoms with van der Waals surface area (Å²) in [6.45, 7) is 4.68. The first-order valence-corrected chi connectivity index (χ1v) is 7.52. The molecule has 1 unspecified atom stereocenters. The predicted octanol–water partition coefficient (Wildman–Crippen LogP) is 1.72. The third-order valence-corrected chi connectivity index (χ3v) is 3.72. The van der Waals surface area contributed by atoms with Crippen molar-refractivity contribution in [3.63, 3.8) is 0 Å². The minimum absolute atomic E-state index is 0.182. The van der Waals surface area contributed by atoms with Crippen molar-refractivity contribution >= 4 is 11.6 Å². The molecule has 1 aliphatic heterocycles. The van der Waals surface area contributed by atoms with E-state index in [1.54, 1.807) is 13.0 Å². The van der Waals surface area contributed by atoms with E-state index < -0.39 is 4.92 Å². The quantitative estimate of drug-likeness (QED) is 0.591. The van der Waals surface area contributed by atoms with Gasteiger partial charge in [0.05, 0.1) is 11.5 Å². The molecule has 0 spiro atoms. The zero-order valence-electron chi connectivity index (χ0n) is 12.6. The van der Waals surface area contributed by atoms with E-state index >= 15 is 0 Å². The van der Waals surface area contributed by atoms with Gasteiger partial charge in [0.2, 0.25) is 0 Å². The average molecular weight is 307 g/mol. The lowest BCUT2D eigenvalue weighted by atomic mass is 10.1. The van der Waals surface area contributed by atoms with E-state index in [0.29, 0.717) is 19.1 Å². The van der Waals surface area contributed by atoms with Gasteiger partial charge in [-0.3, -0.25) is 14.9 Å². The maximum absolute atomic E-state index is 12.1. The van der Waals surface area contributed by atoms with Crippen LogP contribution in [0.4, 0.5) is 5.69 Å². The largest absolute Gasteiger partial charge is 0.487 e. The van der Waals surface area contributed by atoms with E-state index in [-0.39, 0.29) is 22.9 Å². The van der Waals surface area contributed by atoms with Gasteiger partial charge in [-0.2, -0.15) is 0 Å². The Hall–Kier alpha value is -2.15. The number of carbonyl (C=O) groups is 1. The van der Waals surface area contributed by atoms with E-state index in [2.05, 4.69) is 10.6 Å². The number of nitrogens with one attached hydrogen (secondary N) is 2. The summed E-state index contributed by atoms with van der Waals surface area (Å²) < 4.78 is 5.20. The molecule has 1 aliphatic rings. The van der Waals surface area contributed by atoms with Gasteiger partial charge in [-0.15, -0.1) is 0 Å². The lowest BCUT2D eigenvalue weighted by Crippen LogP contribution is -2.26. The van der Waals surface area contributed by atoms with Gasteiger partial charge in [-0.1, -0.05) is 0 Å². The normalized spacial score (nSPS) is 17.2. The molecule has 22 heavy (non-hydrogen) atoms. The van der Waals surface area contributed by atoms with Crippen LogP contribution in [0.25, 0.3) is 0 Å². The number of rotatable bonds is 7. The Kier molecular flexibility index (Phi) is 5.71. The van der Waals surface area contributed by atoms with E-state index in [9.17, 15) is 14.9 Å². The van der Waals surface area contributed by atoms with Crippen LogP contribution >= 0.6 is 0 Å². The molecule has 0 radical (unpaired) electrons. The highest BCUT2D eigenvalue weighted by molar-refractivity contribution is 5.95. The Bertz CT molecular complexity index is 542. The van der Waals surface area contributed by atoms with Gasteiger partial charge in [0.1, 0.15) is 0 Å². The maximum atomic E-state index is 12.1. The Balaban J connectivity index is 1.96. The Labute approximate surface area is 129 Å². The summed E-state index contributed by atoms with van der Waals surface area (Å²) in [4.78, 5) is 22.6. The van der Waals surface area contributed by atoms with Crippen LogP contribution in [0.15, 0.2) is 18.2 Å². The molecule has 1 aromatic rings. The van der Waals surface area contributed by atoms with Crippen molar-refractivity contribution in [1.29, 1.82) is 0 Å². The van der Waals surface area contributed by atoms with Crippen molar-refractivity contribution in [2.24, 2.45) is 5.92 Å². The van der Waals surface area contributed by atoms with Crippen LogP contribution in [0.5, 0.6) is 5.75 Å². The minimum Gasteiger partial charge on any atom is -0.487 e. The fourth-order valence-corrected chi connectivity index (χ4v) is 2.53. The molecule has 7 heteroatoms. The van der Waals surface area contributed by atoms with Gasteiger partial charge in [0, 0.05) is 18.2 Å². The van der Waals surface area contributed by atoms with Crippen molar-refractivity contribution in [3.8, 4) is 5.75 Å². The summed E-state index contributed by atoms with van der Waals surface area (Å²) in [7, 11) is 0. The topological polar surface area (TPSA) is 93.5 Å². The van der Waals surface area contributed by atoms with Crippen LogP contribution in [-0.2, 0) is 0 Å². The summed E-state index contributed by atoms with van der Waals surface area (Å²) in [5, 5.41) is 17.1. The summed E-state index contributed by atoms with van der Waals surface area (Å²) in [6.07, 6.45) is 2.04. The molecule has 2 rings (SSSR count). The summed E-state index contributed by atoms with van der Waals surface area (Å²) in [5.74, 6) is 0.480. The number of nitro groups is 1. The van der Waals surface area contributed by atoms with Crippen LogP contribution in [0.2, 0.25) is 0 Å². The molecule has 1 atom stereocenters. The highest BCUT2D eigenvalue weighted by Crippen LogP contribution is 2.27. The number of amides is 1. The number of hydrogen-bond donors (Lipinski definition) is 2. The number of ether oxygens (including phenoxy) is 1. The van der Waals surface area contributed by atoms with Crippen molar-refractivity contribution in [2.45, 2.75) is 19.8 Å². The maximum Gasteiger partial charge on any atom is 0.311 e. The van der Waals surface area contributed by atoms with Crippen molar-refractivity contribution in [3.05, 3.63) is 33.9 Å². The fraction of sp³-hybridized carbons (Fsp3) is 0.533. The van der Waals surface area contributed by atoms with Crippen LogP contribution in [0.1, 0.15) is 30.1 Å². The molecule has 1 saturated heterocycles. The van der Waals surface area contributed by atoms with Crippen LogP contribution in [0.3, 0.4) is 0 Å². The van der Waals surface area contributed by atoms with Gasteiger partial charge in [0.15, 0.2) is 5.75 Å². The van der Waals surface area contributed by atoms with E-state index in [1.807, 2.05) is 0 Å². The highest BCUT2D eigenvalue weighted by Gasteiger charge is 2.19. The minimum atomic E-state index is -0.536. The number of nitrogens with zero attached hydrogens (tertiary/aromatic N) is 1. The zero-order valence-corrected chi connectivity index (χ0v) is 12.6. The van der Waals surface area contributed by atoms with Crippen LogP contribution in [-0.4, -0.2) is 37.1 Å². The van der Waals surface area contributed by atoms with Crippen molar-refractivity contribution < 1.29 is 14.5 Å². The second kappa shape index (κ2) is 7.74. The van der Waals surface area contributed by atoms with Gasteiger partial charge >= 0.3 is 5.69 Å². The van der Waals surface area contributed by atoms with E-state index in [0.717, 1.165) is 25.9 Å². The molecule has 0 bridgehead atoms. The SMILES string of the molecule is CCOc1ccc(C(=O)NCCC2CCNC2)cc1[N+](=O)[O-]. The lowest BCUT2D eigenvalue weighted by molar-refractivity contribution is -0.385. The monoisotopic (exact) mass is 307 g/mol. The van der Waals surface area contributed by atoms with Crippen molar-refractivity contribution in [1.82, 2.24) is 10.6 Å². The first-order chi connectivity index (χ1) is 10.6. The Morgan fingerprint density at radius 2 is 2.36 bits per heavy atom. The van der Waals surface area contributed by atoms with Gasteiger partial charge < -0.3 is 15.4 Å². The molecular weight excluding hydrogens is 286 g/mol. The number of nitro benzene ring substituents is 1. The first kappa shape index (κ1) is 16.2. The molecule has 0 aliphatic carbocycles. The van der Waals surface area contributed by atoms with E-state index in [1.165, 1.54) is 12.1 Å². The fourth-order valence-electron chi connectivity index (χ4n) is 2.53. The number of carbonyl (C=O) groups excluding carboxylic acids is 1. The molecule has 120 valence electrons. The Morgan fingerprint density at radius 1 is 1.55 bits per heavy atom. The van der Waals surface area contributed by atoms with Crippen molar-refractivity contribution in [2.75, 3.05) is 26.2 Å². The molecule has 1 heterocycles. The second-order valence-corrected chi connectivity index (χ2v) is 5.28. The predicted molar refractivity (Wildman–Crippen MR) is 82.2 cm³/mol. The molecule has 7 nitrogen and oxygen atoms in total. The van der Waals surface area contributed by atoms with Gasteiger partial charge in [-0.25, -0.2) is 0 Å². The second-order valence-electron chi connectivity index (χ2n) is 5.28. The average Bonchev–Trinajstić information content (AvgIpc) is 3.01. The molecule has 0 saturated carbocycles. The number of benzene rings is 1. The molecular formula is C15H21N3O4. The first-order valence-electron chi connectivity index (χ1n) is 7.52. The van der Waals surface area contributed by atoms with E-state index in [4.69, 9.17) is 4.74 Å². The molecule has 1 amide bonds. The van der Waals surface area contributed by atoms with Gasteiger partial charge in [0.25, 0.3) is 5.91 Å². The van der Waals surface area contributed by atoms with Crippen LogP contribution < -0.4 is 15.4 Å². The lowest BCUT2D eigenvalue weighted by Gasteiger charge is -2.10. The third kappa shape index (κ3) is 4.17. The van der Waals surface area contributed by atoms with Gasteiger partial charge in [-0.05, 0) is 50.9 Å². The summed E-state index contributed by atoms with van der Waals surface area (Å²) >= 11 is 0. The standard InChI is InChI=1S/C15H21N3O4/c1-2-22-14-4-3-12(9-13(14)18(20)21)15(19)17-8-6-11-5-7-16-10-11/h3-4,9,11,16H,2,5-8,10H2,1H3,(H,17,19). The zero-order chi connectivity index (χ0) is 15.9. The Morgan fingerprint density at radius 3 is 3.00 bits per heavy atom. The smallest absolute Gasteiger partial charge is 0.311 e.